The SMILES string of the molecule is NC(=O)c1cnn2c1CCC(CNCc1sccc1Br)C2. The molecule has 7 heteroatoms. The van der Waals surface area contributed by atoms with Crippen LogP contribution < -0.4 is 11.1 Å². The summed E-state index contributed by atoms with van der Waals surface area (Å²) >= 11 is 5.30. The summed E-state index contributed by atoms with van der Waals surface area (Å²) in [7, 11) is 0. The molecule has 21 heavy (non-hydrogen) atoms. The number of halogens is 1. The van der Waals surface area contributed by atoms with Crippen LogP contribution in [0, 0.1) is 5.92 Å². The third kappa shape index (κ3) is 3.20. The van der Waals surface area contributed by atoms with Gasteiger partial charge < -0.3 is 11.1 Å². The average Bonchev–Trinajstić information content (AvgIpc) is 3.05. The van der Waals surface area contributed by atoms with Crippen LogP contribution in [-0.2, 0) is 19.5 Å². The van der Waals surface area contributed by atoms with Gasteiger partial charge in [0.2, 0.25) is 0 Å². The second-order valence-corrected chi connectivity index (χ2v) is 7.13. The number of aromatic nitrogens is 2. The minimum Gasteiger partial charge on any atom is -0.365 e. The molecule has 0 aliphatic carbocycles. The predicted molar refractivity (Wildman–Crippen MR) is 86.3 cm³/mol. The monoisotopic (exact) mass is 368 g/mol. The fraction of sp³-hybridized carbons (Fsp3) is 0.429. The summed E-state index contributed by atoms with van der Waals surface area (Å²) in [4.78, 5) is 12.6. The van der Waals surface area contributed by atoms with E-state index in [9.17, 15) is 4.79 Å². The Morgan fingerprint density at radius 1 is 1.62 bits per heavy atom. The Kier molecular flexibility index (Phi) is 4.42. The van der Waals surface area contributed by atoms with E-state index in [0.717, 1.165) is 38.2 Å². The quantitative estimate of drug-likeness (QED) is 0.848. The van der Waals surface area contributed by atoms with Crippen molar-refractivity contribution in [1.82, 2.24) is 15.1 Å². The third-order valence-electron chi connectivity index (χ3n) is 3.84. The first-order valence-electron chi connectivity index (χ1n) is 6.92. The van der Waals surface area contributed by atoms with Crippen LogP contribution in [0.25, 0.3) is 0 Å². The van der Waals surface area contributed by atoms with E-state index in [4.69, 9.17) is 5.73 Å². The zero-order valence-corrected chi connectivity index (χ0v) is 13.9. The highest BCUT2D eigenvalue weighted by atomic mass is 79.9. The predicted octanol–water partition coefficient (Wildman–Crippen LogP) is 2.16. The number of nitrogens with one attached hydrogen (secondary N) is 1. The molecule has 2 aromatic rings. The molecule has 1 aliphatic heterocycles. The zero-order valence-electron chi connectivity index (χ0n) is 11.5. The van der Waals surface area contributed by atoms with Gasteiger partial charge in [-0.25, -0.2) is 0 Å². The summed E-state index contributed by atoms with van der Waals surface area (Å²) in [5.41, 5.74) is 6.92. The highest BCUT2D eigenvalue weighted by molar-refractivity contribution is 9.10. The molecular formula is C14H17BrN4OS. The second kappa shape index (κ2) is 6.29. The average molecular weight is 369 g/mol. The van der Waals surface area contributed by atoms with Crippen LogP contribution in [0.15, 0.2) is 22.1 Å². The molecule has 112 valence electrons. The maximum absolute atomic E-state index is 11.3. The molecule has 0 saturated carbocycles. The fourth-order valence-corrected chi connectivity index (χ4v) is 4.18. The molecule has 0 saturated heterocycles. The van der Waals surface area contributed by atoms with E-state index in [2.05, 4.69) is 37.8 Å². The second-order valence-electron chi connectivity index (χ2n) is 5.28. The summed E-state index contributed by atoms with van der Waals surface area (Å²) in [6, 6.07) is 2.07. The van der Waals surface area contributed by atoms with Gasteiger partial charge in [-0.2, -0.15) is 5.10 Å². The molecule has 1 unspecified atom stereocenters. The lowest BCUT2D eigenvalue weighted by Crippen LogP contribution is -2.30. The highest BCUT2D eigenvalue weighted by Crippen LogP contribution is 2.24. The molecular weight excluding hydrogens is 352 g/mol. The van der Waals surface area contributed by atoms with E-state index < -0.39 is 0 Å². The normalized spacial score (nSPS) is 17.7. The number of hydrogen-bond donors (Lipinski definition) is 2. The Labute approximate surface area is 135 Å². The Morgan fingerprint density at radius 2 is 2.48 bits per heavy atom. The first kappa shape index (κ1) is 14.7. The molecule has 0 aromatic carbocycles. The summed E-state index contributed by atoms with van der Waals surface area (Å²) in [6.07, 6.45) is 3.52. The standard InChI is InChI=1S/C14H17BrN4OS/c15-11-3-4-21-13(11)7-17-5-9-1-2-12-10(14(16)20)6-18-19(12)8-9/h3-4,6,9,17H,1-2,5,7-8H2,(H2,16,20). The number of carbonyl (C=O) groups is 1. The number of primary amides is 1. The van der Waals surface area contributed by atoms with Gasteiger partial charge >= 0.3 is 0 Å². The van der Waals surface area contributed by atoms with Crippen molar-refractivity contribution in [2.45, 2.75) is 25.9 Å². The summed E-state index contributed by atoms with van der Waals surface area (Å²) in [5.74, 6) is 0.159. The first-order chi connectivity index (χ1) is 10.1. The van der Waals surface area contributed by atoms with Crippen LogP contribution in [0.3, 0.4) is 0 Å². The van der Waals surface area contributed by atoms with E-state index in [-0.39, 0.29) is 5.91 Å². The molecule has 0 spiro atoms. The van der Waals surface area contributed by atoms with Gasteiger partial charge in [0, 0.05) is 29.0 Å². The van der Waals surface area contributed by atoms with E-state index in [1.54, 1.807) is 17.5 Å². The number of nitrogens with zero attached hydrogens (tertiary/aromatic N) is 2. The van der Waals surface area contributed by atoms with E-state index in [1.807, 2.05) is 4.68 Å². The number of rotatable bonds is 5. The molecule has 1 amide bonds. The molecule has 5 nitrogen and oxygen atoms in total. The van der Waals surface area contributed by atoms with Crippen LogP contribution in [0.5, 0.6) is 0 Å². The maximum Gasteiger partial charge on any atom is 0.252 e. The van der Waals surface area contributed by atoms with Gasteiger partial charge in [-0.15, -0.1) is 11.3 Å². The van der Waals surface area contributed by atoms with Crippen LogP contribution in [-0.4, -0.2) is 22.2 Å². The third-order valence-corrected chi connectivity index (χ3v) is 5.77. The Balaban J connectivity index is 1.55. The Morgan fingerprint density at radius 3 is 3.19 bits per heavy atom. The van der Waals surface area contributed by atoms with Crippen molar-refractivity contribution in [3.63, 3.8) is 0 Å². The van der Waals surface area contributed by atoms with Crippen LogP contribution in [0.4, 0.5) is 0 Å². The molecule has 2 aromatic heterocycles. The Hall–Kier alpha value is -1.18. The molecule has 3 N–H and O–H groups in total. The van der Waals surface area contributed by atoms with E-state index >= 15 is 0 Å². The van der Waals surface area contributed by atoms with Gasteiger partial charge in [-0.3, -0.25) is 9.48 Å². The van der Waals surface area contributed by atoms with Crippen molar-refractivity contribution < 1.29 is 4.79 Å². The lowest BCUT2D eigenvalue weighted by Gasteiger charge is -2.24. The van der Waals surface area contributed by atoms with E-state index in [1.165, 1.54) is 9.35 Å². The number of nitrogens with two attached hydrogens (primary N) is 1. The van der Waals surface area contributed by atoms with Crippen molar-refractivity contribution >= 4 is 33.2 Å². The van der Waals surface area contributed by atoms with Gasteiger partial charge in [-0.1, -0.05) is 0 Å². The fourth-order valence-electron chi connectivity index (χ4n) is 2.72. The summed E-state index contributed by atoms with van der Waals surface area (Å²) in [6.45, 7) is 2.68. The molecule has 1 atom stereocenters. The summed E-state index contributed by atoms with van der Waals surface area (Å²) < 4.78 is 3.10. The van der Waals surface area contributed by atoms with Crippen molar-refractivity contribution in [2.24, 2.45) is 11.7 Å². The number of hydrogen-bond acceptors (Lipinski definition) is 4. The minimum atomic E-state index is -0.379. The maximum atomic E-state index is 11.3. The van der Waals surface area contributed by atoms with Gasteiger partial charge in [0.05, 0.1) is 17.5 Å². The Bertz CT molecular complexity index is 651. The topological polar surface area (TPSA) is 72.9 Å². The highest BCUT2D eigenvalue weighted by Gasteiger charge is 2.23. The zero-order chi connectivity index (χ0) is 14.8. The van der Waals surface area contributed by atoms with Crippen LogP contribution in [0.2, 0.25) is 0 Å². The van der Waals surface area contributed by atoms with Crippen LogP contribution in [0.1, 0.15) is 27.3 Å². The van der Waals surface area contributed by atoms with Crippen molar-refractivity contribution in [1.29, 1.82) is 0 Å². The minimum absolute atomic E-state index is 0.379. The number of amides is 1. The van der Waals surface area contributed by atoms with Crippen molar-refractivity contribution in [3.05, 3.63) is 38.3 Å². The number of fused-ring (bicyclic) bond motifs is 1. The van der Waals surface area contributed by atoms with Gasteiger partial charge in [-0.05, 0) is 46.1 Å². The molecule has 3 heterocycles. The van der Waals surface area contributed by atoms with Gasteiger partial charge in [0.1, 0.15) is 0 Å². The smallest absolute Gasteiger partial charge is 0.252 e. The van der Waals surface area contributed by atoms with Crippen molar-refractivity contribution in [3.8, 4) is 0 Å². The molecule has 0 fully saturated rings. The van der Waals surface area contributed by atoms with Crippen LogP contribution >= 0.6 is 27.3 Å². The first-order valence-corrected chi connectivity index (χ1v) is 8.59. The lowest BCUT2D eigenvalue weighted by atomic mass is 9.96. The largest absolute Gasteiger partial charge is 0.365 e. The number of carbonyl (C=O) groups excluding carboxylic acids is 1. The van der Waals surface area contributed by atoms with E-state index in [0.29, 0.717) is 11.5 Å². The van der Waals surface area contributed by atoms with Gasteiger partial charge in [0.25, 0.3) is 5.91 Å². The number of thiophene rings is 1. The molecule has 0 radical (unpaired) electrons. The van der Waals surface area contributed by atoms with Crippen molar-refractivity contribution in [2.75, 3.05) is 6.54 Å². The molecule has 3 rings (SSSR count). The van der Waals surface area contributed by atoms with Gasteiger partial charge in [0.15, 0.2) is 0 Å². The lowest BCUT2D eigenvalue weighted by molar-refractivity contribution is 0.0998. The summed E-state index contributed by atoms with van der Waals surface area (Å²) in [5, 5.41) is 9.88. The molecule has 0 bridgehead atoms. The molecule has 1 aliphatic rings.